The molecule has 0 amide bonds. The molecule has 1 rings (SSSR count). The van der Waals surface area contributed by atoms with Gasteiger partial charge in [-0.05, 0) is 13.0 Å². The molecule has 0 aliphatic rings. The van der Waals surface area contributed by atoms with Crippen LogP contribution in [0.5, 0.6) is 0 Å². The van der Waals surface area contributed by atoms with Gasteiger partial charge in [0.05, 0.1) is 10.7 Å². The van der Waals surface area contributed by atoms with Gasteiger partial charge in [0.1, 0.15) is 0 Å². The van der Waals surface area contributed by atoms with Crippen LogP contribution in [0.15, 0.2) is 24.3 Å². The molecule has 5 heteroatoms. The van der Waals surface area contributed by atoms with E-state index in [0.29, 0.717) is 6.42 Å². The highest BCUT2D eigenvalue weighted by molar-refractivity contribution is 7.99. The second-order valence-corrected chi connectivity index (χ2v) is 4.75. The van der Waals surface area contributed by atoms with E-state index in [0.717, 1.165) is 30.2 Å². The maximum atomic E-state index is 10.8. The Balaban J connectivity index is 2.27. The van der Waals surface area contributed by atoms with Gasteiger partial charge in [0.2, 0.25) is 0 Å². The molecule has 0 unspecified atom stereocenters. The van der Waals surface area contributed by atoms with Crippen LogP contribution in [-0.4, -0.2) is 29.5 Å². The third-order valence-electron chi connectivity index (χ3n) is 2.37. The molecule has 0 saturated carbocycles. The summed E-state index contributed by atoms with van der Waals surface area (Å²) in [5.41, 5.74) is 0.965. The van der Waals surface area contributed by atoms with Gasteiger partial charge in [-0.2, -0.15) is 0 Å². The van der Waals surface area contributed by atoms with Crippen molar-refractivity contribution in [2.24, 2.45) is 0 Å². The van der Waals surface area contributed by atoms with Crippen molar-refractivity contribution in [3.05, 3.63) is 39.9 Å². The molecule has 1 N–H and O–H groups in total. The van der Waals surface area contributed by atoms with E-state index in [9.17, 15) is 10.1 Å². The van der Waals surface area contributed by atoms with Crippen LogP contribution in [0, 0.1) is 22.5 Å². The van der Waals surface area contributed by atoms with E-state index >= 15 is 0 Å². The van der Waals surface area contributed by atoms with Crippen LogP contribution in [-0.2, 0) is 6.42 Å². The number of nitro benzene ring substituents is 1. The lowest BCUT2D eigenvalue weighted by Crippen LogP contribution is -2.20. The Morgan fingerprint density at radius 2 is 2.17 bits per heavy atom. The first-order valence-electron chi connectivity index (χ1n) is 5.70. The first kappa shape index (κ1) is 14.6. The summed E-state index contributed by atoms with van der Waals surface area (Å²) in [6, 6.07) is 6.85. The quantitative estimate of drug-likeness (QED) is 0.338. The van der Waals surface area contributed by atoms with E-state index in [-0.39, 0.29) is 10.6 Å². The monoisotopic (exact) mass is 264 g/mol. The van der Waals surface area contributed by atoms with E-state index < -0.39 is 0 Å². The Hall–Kier alpha value is -1.51. The number of para-hydroxylation sites is 1. The fraction of sp³-hybridized carbons (Fsp3) is 0.385. The molecule has 96 valence electrons. The zero-order valence-corrected chi connectivity index (χ0v) is 10.9. The van der Waals surface area contributed by atoms with E-state index in [1.54, 1.807) is 23.9 Å². The first-order chi connectivity index (χ1) is 8.75. The molecule has 0 heterocycles. The standard InChI is InChI=1S/C13H16N2O2S/c1-2-10-18-11-9-14-8-7-12-5-3-4-6-13(12)15(16)17/h1,3-6,14H,7-11H2. The molecule has 0 aliphatic heterocycles. The number of benzene rings is 1. The summed E-state index contributed by atoms with van der Waals surface area (Å²) < 4.78 is 0. The van der Waals surface area contributed by atoms with Crippen molar-refractivity contribution < 1.29 is 4.92 Å². The van der Waals surface area contributed by atoms with Crippen LogP contribution in [0.4, 0.5) is 5.69 Å². The third-order valence-corrected chi connectivity index (χ3v) is 3.23. The van der Waals surface area contributed by atoms with Crippen molar-refractivity contribution in [3.63, 3.8) is 0 Å². The van der Waals surface area contributed by atoms with Crippen LogP contribution in [0.2, 0.25) is 0 Å². The van der Waals surface area contributed by atoms with Crippen LogP contribution in [0.1, 0.15) is 5.56 Å². The largest absolute Gasteiger partial charge is 0.316 e. The minimum atomic E-state index is -0.335. The van der Waals surface area contributed by atoms with Gasteiger partial charge in [0.15, 0.2) is 0 Å². The summed E-state index contributed by atoms with van der Waals surface area (Å²) in [4.78, 5) is 10.5. The number of thioether (sulfide) groups is 1. The van der Waals surface area contributed by atoms with Crippen molar-refractivity contribution in [3.8, 4) is 12.3 Å². The molecule has 4 nitrogen and oxygen atoms in total. The number of nitrogens with zero attached hydrogens (tertiary/aromatic N) is 1. The van der Waals surface area contributed by atoms with Gasteiger partial charge in [0, 0.05) is 23.9 Å². The number of hydrogen-bond acceptors (Lipinski definition) is 4. The lowest BCUT2D eigenvalue weighted by atomic mass is 10.1. The van der Waals surface area contributed by atoms with Crippen LogP contribution >= 0.6 is 11.8 Å². The first-order valence-corrected chi connectivity index (χ1v) is 6.85. The fourth-order valence-electron chi connectivity index (χ4n) is 1.52. The van der Waals surface area contributed by atoms with Gasteiger partial charge >= 0.3 is 0 Å². The number of terminal acetylenes is 1. The molecule has 0 radical (unpaired) electrons. The summed E-state index contributed by atoms with van der Waals surface area (Å²) in [5, 5.41) is 14.0. The predicted molar refractivity (Wildman–Crippen MR) is 75.8 cm³/mol. The van der Waals surface area contributed by atoms with Gasteiger partial charge in [0.25, 0.3) is 5.69 Å². The van der Waals surface area contributed by atoms with Gasteiger partial charge in [-0.15, -0.1) is 18.2 Å². The van der Waals surface area contributed by atoms with Crippen LogP contribution in [0.3, 0.4) is 0 Å². The SMILES string of the molecule is C#CCSCCNCCc1ccccc1[N+](=O)[O-]. The Labute approximate surface area is 111 Å². The topological polar surface area (TPSA) is 55.2 Å². The average Bonchev–Trinajstić information content (AvgIpc) is 2.38. The van der Waals surface area contributed by atoms with Gasteiger partial charge in [-0.25, -0.2) is 0 Å². The fourth-order valence-corrected chi connectivity index (χ4v) is 2.07. The molecule has 1 aromatic rings. The number of rotatable bonds is 8. The van der Waals surface area contributed by atoms with Crippen molar-refractivity contribution in [2.45, 2.75) is 6.42 Å². The Morgan fingerprint density at radius 1 is 1.39 bits per heavy atom. The summed E-state index contributed by atoms with van der Waals surface area (Å²) in [5.74, 6) is 4.25. The van der Waals surface area contributed by atoms with E-state index in [2.05, 4.69) is 11.2 Å². The third kappa shape index (κ3) is 5.21. The van der Waals surface area contributed by atoms with Gasteiger partial charge < -0.3 is 5.32 Å². The molecule has 0 aliphatic carbocycles. The molecule has 0 aromatic heterocycles. The molecule has 0 fully saturated rings. The molecule has 0 saturated heterocycles. The summed E-state index contributed by atoms with van der Waals surface area (Å²) in [7, 11) is 0. The Bertz CT molecular complexity index is 429. The molecular weight excluding hydrogens is 248 g/mol. The molecule has 18 heavy (non-hydrogen) atoms. The second-order valence-electron chi connectivity index (χ2n) is 3.64. The molecular formula is C13H16N2O2S. The smallest absolute Gasteiger partial charge is 0.272 e. The Morgan fingerprint density at radius 3 is 2.89 bits per heavy atom. The van der Waals surface area contributed by atoms with Crippen molar-refractivity contribution in [1.82, 2.24) is 5.32 Å². The summed E-state index contributed by atoms with van der Waals surface area (Å²) >= 11 is 1.70. The molecule has 1 aromatic carbocycles. The van der Waals surface area contributed by atoms with E-state index in [1.807, 2.05) is 6.07 Å². The summed E-state index contributed by atoms with van der Waals surface area (Å²) in [6.45, 7) is 1.61. The summed E-state index contributed by atoms with van der Waals surface area (Å²) in [6.07, 6.45) is 5.80. The van der Waals surface area contributed by atoms with Crippen LogP contribution < -0.4 is 5.32 Å². The minimum Gasteiger partial charge on any atom is -0.316 e. The normalized spacial score (nSPS) is 9.94. The predicted octanol–water partition coefficient (Wildman–Crippen LogP) is 2.09. The second kappa shape index (κ2) is 8.56. The molecule has 0 spiro atoms. The average molecular weight is 264 g/mol. The number of nitrogens with one attached hydrogen (secondary N) is 1. The lowest BCUT2D eigenvalue weighted by Gasteiger charge is -2.04. The van der Waals surface area contributed by atoms with Gasteiger partial charge in [-0.1, -0.05) is 24.1 Å². The molecule has 0 bridgehead atoms. The highest BCUT2D eigenvalue weighted by Crippen LogP contribution is 2.17. The lowest BCUT2D eigenvalue weighted by molar-refractivity contribution is -0.385. The minimum absolute atomic E-state index is 0.195. The zero-order valence-electron chi connectivity index (χ0n) is 10.1. The van der Waals surface area contributed by atoms with E-state index in [4.69, 9.17) is 6.42 Å². The highest BCUT2D eigenvalue weighted by Gasteiger charge is 2.10. The van der Waals surface area contributed by atoms with Crippen LogP contribution in [0.25, 0.3) is 0 Å². The maximum absolute atomic E-state index is 10.8. The van der Waals surface area contributed by atoms with E-state index in [1.165, 1.54) is 6.07 Å². The van der Waals surface area contributed by atoms with Crippen molar-refractivity contribution >= 4 is 17.4 Å². The van der Waals surface area contributed by atoms with Crippen molar-refractivity contribution in [1.29, 1.82) is 0 Å². The van der Waals surface area contributed by atoms with Gasteiger partial charge in [-0.3, -0.25) is 10.1 Å². The number of hydrogen-bond donors (Lipinski definition) is 1. The highest BCUT2D eigenvalue weighted by atomic mass is 32.2. The molecule has 0 atom stereocenters. The Kier molecular flexibility index (Phi) is 6.92. The number of nitro groups is 1. The van der Waals surface area contributed by atoms with Crippen molar-refractivity contribution in [2.75, 3.05) is 24.6 Å². The maximum Gasteiger partial charge on any atom is 0.272 e. The zero-order chi connectivity index (χ0) is 13.2.